The number of anilines is 1. The Labute approximate surface area is 194 Å². The summed E-state index contributed by atoms with van der Waals surface area (Å²) in [6.07, 6.45) is 8.32. The maximum atomic E-state index is 13.6. The van der Waals surface area contributed by atoms with Crippen molar-refractivity contribution in [3.63, 3.8) is 0 Å². The Morgan fingerprint density at radius 3 is 2.44 bits per heavy atom. The smallest absolute Gasteiger partial charge is 0.228 e. The van der Waals surface area contributed by atoms with Gasteiger partial charge in [0.25, 0.3) is 0 Å². The van der Waals surface area contributed by atoms with Gasteiger partial charge in [0, 0.05) is 44.1 Å². The molecule has 5 fully saturated rings. The van der Waals surface area contributed by atoms with E-state index < -0.39 is 0 Å². The van der Waals surface area contributed by atoms with E-state index in [1.807, 2.05) is 18.2 Å². The highest BCUT2D eigenvalue weighted by molar-refractivity contribution is 7.09. The molecule has 0 N–H and O–H groups in total. The first kappa shape index (κ1) is 20.5. The lowest BCUT2D eigenvalue weighted by Gasteiger charge is -2.57. The van der Waals surface area contributed by atoms with E-state index in [1.54, 1.807) is 7.11 Å². The van der Waals surface area contributed by atoms with Crippen molar-refractivity contribution in [3.05, 3.63) is 35.7 Å². The van der Waals surface area contributed by atoms with Gasteiger partial charge in [0.1, 0.15) is 11.6 Å². The molecule has 7 heteroatoms. The maximum Gasteiger partial charge on any atom is 0.228 e. The van der Waals surface area contributed by atoms with Crippen molar-refractivity contribution in [1.29, 1.82) is 0 Å². The Kier molecular flexibility index (Phi) is 5.12. The minimum Gasteiger partial charge on any atom is -0.497 e. The van der Waals surface area contributed by atoms with Gasteiger partial charge in [-0.15, -0.1) is 0 Å². The number of aromatic nitrogens is 2. The van der Waals surface area contributed by atoms with Crippen LogP contribution < -0.4 is 9.64 Å². The van der Waals surface area contributed by atoms with Gasteiger partial charge in [-0.1, -0.05) is 12.1 Å². The molecular weight excluding hydrogens is 420 g/mol. The van der Waals surface area contributed by atoms with E-state index in [-0.39, 0.29) is 5.41 Å². The van der Waals surface area contributed by atoms with E-state index in [0.29, 0.717) is 12.3 Å². The highest BCUT2D eigenvalue weighted by Crippen LogP contribution is 2.60. The first-order valence-electron chi connectivity index (χ1n) is 12.1. The Morgan fingerprint density at radius 1 is 1.09 bits per heavy atom. The second kappa shape index (κ2) is 8.01. The van der Waals surface area contributed by atoms with Gasteiger partial charge in [0.2, 0.25) is 11.0 Å². The van der Waals surface area contributed by atoms with E-state index in [9.17, 15) is 4.79 Å². The molecule has 2 heterocycles. The molecular formula is C25H32N4O2S. The molecule has 1 aromatic carbocycles. The summed E-state index contributed by atoms with van der Waals surface area (Å²) in [5, 5.41) is 0.977. The van der Waals surface area contributed by atoms with Gasteiger partial charge in [0.15, 0.2) is 0 Å². The summed E-state index contributed by atoms with van der Waals surface area (Å²) in [7, 11) is 1.69. The van der Waals surface area contributed by atoms with Gasteiger partial charge in [-0.05, 0) is 74.0 Å². The van der Waals surface area contributed by atoms with Crippen molar-refractivity contribution >= 4 is 22.6 Å². The molecule has 2 aromatic rings. The molecule has 0 radical (unpaired) electrons. The van der Waals surface area contributed by atoms with Gasteiger partial charge in [0.05, 0.1) is 12.5 Å². The standard InChI is InChI=1S/C25H32N4O2S/c1-31-21-4-2-3-17(12-21)13-22-26-24(32-27-22)29-7-5-28(6-8-29)23(30)25-14-18-9-19(15-25)11-20(10-18)16-25/h2-4,12,18-20H,5-11,13-16H2,1H3. The molecule has 1 aliphatic heterocycles. The van der Waals surface area contributed by atoms with Gasteiger partial charge in [-0.2, -0.15) is 4.37 Å². The molecule has 170 valence electrons. The number of hydrogen-bond donors (Lipinski definition) is 0. The lowest BCUT2D eigenvalue weighted by Crippen LogP contribution is -2.58. The van der Waals surface area contributed by atoms with Crippen LogP contribution >= 0.6 is 11.5 Å². The number of carbonyl (C=O) groups is 1. The summed E-state index contributed by atoms with van der Waals surface area (Å²) in [6, 6.07) is 8.07. The molecule has 0 atom stereocenters. The summed E-state index contributed by atoms with van der Waals surface area (Å²) >= 11 is 1.47. The van der Waals surface area contributed by atoms with E-state index in [2.05, 4.69) is 20.2 Å². The zero-order chi connectivity index (χ0) is 21.7. The summed E-state index contributed by atoms with van der Waals surface area (Å²) in [4.78, 5) is 22.9. The summed E-state index contributed by atoms with van der Waals surface area (Å²) in [5.74, 6) is 4.62. The van der Waals surface area contributed by atoms with Crippen LogP contribution in [0.4, 0.5) is 5.13 Å². The quantitative estimate of drug-likeness (QED) is 0.686. The molecule has 32 heavy (non-hydrogen) atoms. The predicted octanol–water partition coefficient (Wildman–Crippen LogP) is 4.00. The van der Waals surface area contributed by atoms with Crippen molar-refractivity contribution in [3.8, 4) is 5.75 Å². The minimum atomic E-state index is -0.0242. The molecule has 1 saturated heterocycles. The van der Waals surface area contributed by atoms with Gasteiger partial charge in [-0.25, -0.2) is 4.98 Å². The normalized spacial score (nSPS) is 31.2. The number of piperazine rings is 1. The number of ether oxygens (including phenoxy) is 1. The third kappa shape index (κ3) is 3.68. The summed E-state index contributed by atoms with van der Waals surface area (Å²) in [6.45, 7) is 3.33. The van der Waals surface area contributed by atoms with Crippen molar-refractivity contribution in [1.82, 2.24) is 14.3 Å². The minimum absolute atomic E-state index is 0.0242. The number of methoxy groups -OCH3 is 1. The van der Waals surface area contributed by atoms with E-state index >= 15 is 0 Å². The highest BCUT2D eigenvalue weighted by Gasteiger charge is 2.55. The third-order valence-electron chi connectivity index (χ3n) is 8.28. The average molecular weight is 453 g/mol. The zero-order valence-corrected chi connectivity index (χ0v) is 19.6. The number of nitrogens with zero attached hydrogens (tertiary/aromatic N) is 4. The molecule has 6 nitrogen and oxygen atoms in total. The van der Waals surface area contributed by atoms with Crippen LogP contribution in [-0.2, 0) is 11.2 Å². The number of carbonyl (C=O) groups excluding carboxylic acids is 1. The number of benzene rings is 1. The Bertz CT molecular complexity index is 962. The number of amides is 1. The Balaban J connectivity index is 1.08. The average Bonchev–Trinajstić information content (AvgIpc) is 3.26. The largest absolute Gasteiger partial charge is 0.497 e. The van der Waals surface area contributed by atoms with E-state index in [1.165, 1.54) is 30.8 Å². The second-order valence-electron chi connectivity index (χ2n) is 10.5. The van der Waals surface area contributed by atoms with E-state index in [0.717, 1.165) is 85.5 Å². The fourth-order valence-corrected chi connectivity index (χ4v) is 7.96. The lowest BCUT2D eigenvalue weighted by atomic mass is 9.49. The fraction of sp³-hybridized carbons (Fsp3) is 0.640. The van der Waals surface area contributed by atoms with Crippen LogP contribution in [0.5, 0.6) is 5.75 Å². The molecule has 1 aromatic heterocycles. The second-order valence-corrected chi connectivity index (χ2v) is 11.2. The van der Waals surface area contributed by atoms with Crippen LogP contribution in [0.2, 0.25) is 0 Å². The molecule has 7 rings (SSSR count). The Hall–Kier alpha value is -2.15. The van der Waals surface area contributed by atoms with Crippen LogP contribution in [0.15, 0.2) is 24.3 Å². The topological polar surface area (TPSA) is 58.6 Å². The first-order chi connectivity index (χ1) is 15.6. The highest BCUT2D eigenvalue weighted by atomic mass is 32.1. The van der Waals surface area contributed by atoms with Crippen LogP contribution in [-0.4, -0.2) is 53.5 Å². The molecule has 0 spiro atoms. The molecule has 0 unspecified atom stereocenters. The van der Waals surface area contributed by atoms with Gasteiger partial charge < -0.3 is 14.5 Å². The SMILES string of the molecule is COc1cccc(Cc2nsc(N3CCN(C(=O)C45CC6CC(CC(C6)C4)C5)CC3)n2)c1. The van der Waals surface area contributed by atoms with Crippen LogP contribution in [0.25, 0.3) is 0 Å². The monoisotopic (exact) mass is 452 g/mol. The van der Waals surface area contributed by atoms with Crippen molar-refractivity contribution in [2.75, 3.05) is 38.2 Å². The summed E-state index contributed by atoms with van der Waals surface area (Å²) < 4.78 is 9.91. The lowest BCUT2D eigenvalue weighted by molar-refractivity contribution is -0.158. The van der Waals surface area contributed by atoms with Crippen LogP contribution in [0.3, 0.4) is 0 Å². The number of hydrogen-bond acceptors (Lipinski definition) is 6. The van der Waals surface area contributed by atoms with Crippen LogP contribution in [0.1, 0.15) is 49.9 Å². The molecule has 4 aliphatic carbocycles. The molecule has 4 saturated carbocycles. The first-order valence-corrected chi connectivity index (χ1v) is 12.9. The number of rotatable bonds is 5. The fourth-order valence-electron chi connectivity index (χ4n) is 7.22. The van der Waals surface area contributed by atoms with Gasteiger partial charge in [-0.3, -0.25) is 4.79 Å². The molecule has 1 amide bonds. The molecule has 4 bridgehead atoms. The van der Waals surface area contributed by atoms with Crippen molar-refractivity contribution < 1.29 is 9.53 Å². The summed E-state index contributed by atoms with van der Waals surface area (Å²) in [5.41, 5.74) is 1.13. The van der Waals surface area contributed by atoms with E-state index in [4.69, 9.17) is 9.72 Å². The van der Waals surface area contributed by atoms with Crippen LogP contribution in [0, 0.1) is 23.2 Å². The zero-order valence-electron chi connectivity index (χ0n) is 18.8. The molecule has 5 aliphatic rings. The maximum absolute atomic E-state index is 13.6. The third-order valence-corrected chi connectivity index (χ3v) is 9.10. The van der Waals surface area contributed by atoms with Crippen molar-refractivity contribution in [2.24, 2.45) is 23.2 Å². The van der Waals surface area contributed by atoms with Crippen molar-refractivity contribution in [2.45, 2.75) is 44.9 Å². The predicted molar refractivity (Wildman–Crippen MR) is 125 cm³/mol. The van der Waals surface area contributed by atoms with Gasteiger partial charge >= 0.3 is 0 Å². The Morgan fingerprint density at radius 2 is 1.78 bits per heavy atom.